The Hall–Kier alpha value is -3.06. The third kappa shape index (κ3) is 3.00. The van der Waals surface area contributed by atoms with Crippen LogP contribution in [0.3, 0.4) is 0 Å². The monoisotopic (exact) mass is 360 g/mol. The van der Waals surface area contributed by atoms with Crippen molar-refractivity contribution in [2.24, 2.45) is 0 Å². The highest BCUT2D eigenvalue weighted by Crippen LogP contribution is 2.28. The molecule has 7 heteroatoms. The summed E-state index contributed by atoms with van der Waals surface area (Å²) in [7, 11) is 0. The quantitative estimate of drug-likeness (QED) is 0.588. The standard InChI is InChI=1S/C20H20N6O/c1-2-27-15-10-14(11-15)24-20-23-12-19-16(5-8-26(19)25-20)13-3-4-17-18(9-13)22-7-6-21-17/h3-9,12,14-15H,2,10-11H2,1H3,(H,24,25). The number of hydrogen-bond acceptors (Lipinski definition) is 6. The van der Waals surface area contributed by atoms with Crippen LogP contribution in [0.1, 0.15) is 19.8 Å². The van der Waals surface area contributed by atoms with Crippen LogP contribution in [-0.2, 0) is 4.74 Å². The highest BCUT2D eigenvalue weighted by atomic mass is 16.5. The number of rotatable bonds is 5. The fourth-order valence-electron chi connectivity index (χ4n) is 3.58. The summed E-state index contributed by atoms with van der Waals surface area (Å²) in [6.45, 7) is 2.80. The van der Waals surface area contributed by atoms with Gasteiger partial charge in [0, 0.05) is 36.8 Å². The molecule has 0 aliphatic heterocycles. The predicted molar refractivity (Wildman–Crippen MR) is 104 cm³/mol. The van der Waals surface area contributed by atoms with E-state index in [4.69, 9.17) is 4.74 Å². The molecule has 3 heterocycles. The minimum atomic E-state index is 0.366. The normalized spacial score (nSPS) is 19.3. The molecule has 5 rings (SSSR count). The van der Waals surface area contributed by atoms with E-state index in [1.165, 1.54) is 0 Å². The number of anilines is 1. The minimum absolute atomic E-state index is 0.366. The van der Waals surface area contributed by atoms with Crippen molar-refractivity contribution >= 4 is 22.5 Å². The van der Waals surface area contributed by atoms with Crippen LogP contribution in [0.5, 0.6) is 0 Å². The molecule has 3 aromatic heterocycles. The van der Waals surface area contributed by atoms with Crippen LogP contribution in [0, 0.1) is 0 Å². The summed E-state index contributed by atoms with van der Waals surface area (Å²) >= 11 is 0. The molecular formula is C20H20N6O. The molecule has 0 radical (unpaired) electrons. The Morgan fingerprint density at radius 2 is 1.96 bits per heavy atom. The average molecular weight is 360 g/mol. The summed E-state index contributed by atoms with van der Waals surface area (Å²) in [5.74, 6) is 0.647. The maximum Gasteiger partial charge on any atom is 0.241 e. The average Bonchev–Trinajstić information content (AvgIpc) is 3.09. The van der Waals surface area contributed by atoms with Crippen molar-refractivity contribution in [1.82, 2.24) is 24.6 Å². The molecule has 7 nitrogen and oxygen atoms in total. The second kappa shape index (κ2) is 6.59. The van der Waals surface area contributed by atoms with E-state index in [1.54, 1.807) is 12.4 Å². The fraction of sp³-hybridized carbons (Fsp3) is 0.300. The Morgan fingerprint density at radius 3 is 2.81 bits per heavy atom. The van der Waals surface area contributed by atoms with Crippen LogP contribution in [0.15, 0.2) is 49.1 Å². The van der Waals surface area contributed by atoms with Gasteiger partial charge in [0.2, 0.25) is 5.95 Å². The first-order chi connectivity index (χ1) is 13.3. The van der Waals surface area contributed by atoms with Gasteiger partial charge in [-0.2, -0.15) is 0 Å². The van der Waals surface area contributed by atoms with Crippen LogP contribution < -0.4 is 5.32 Å². The Labute approximate surface area is 156 Å². The summed E-state index contributed by atoms with van der Waals surface area (Å²) in [6, 6.07) is 8.53. The third-order valence-electron chi connectivity index (χ3n) is 5.03. The molecule has 1 N–H and O–H groups in total. The van der Waals surface area contributed by atoms with Gasteiger partial charge in [0.25, 0.3) is 0 Å². The van der Waals surface area contributed by atoms with Crippen LogP contribution >= 0.6 is 0 Å². The van der Waals surface area contributed by atoms with Gasteiger partial charge in [-0.3, -0.25) is 9.97 Å². The first kappa shape index (κ1) is 16.1. The molecule has 27 heavy (non-hydrogen) atoms. The molecule has 1 fully saturated rings. The minimum Gasteiger partial charge on any atom is -0.378 e. The molecule has 4 aromatic rings. The molecule has 0 unspecified atom stereocenters. The molecule has 0 saturated heterocycles. The molecule has 1 saturated carbocycles. The third-order valence-corrected chi connectivity index (χ3v) is 5.03. The fourth-order valence-corrected chi connectivity index (χ4v) is 3.58. The smallest absolute Gasteiger partial charge is 0.241 e. The van der Waals surface area contributed by atoms with Gasteiger partial charge in [-0.05, 0) is 43.5 Å². The summed E-state index contributed by atoms with van der Waals surface area (Å²) < 4.78 is 7.47. The van der Waals surface area contributed by atoms with E-state index in [0.717, 1.165) is 47.1 Å². The highest BCUT2D eigenvalue weighted by Gasteiger charge is 2.30. The van der Waals surface area contributed by atoms with Gasteiger partial charge in [-0.1, -0.05) is 6.07 Å². The number of nitrogens with one attached hydrogen (secondary N) is 1. The van der Waals surface area contributed by atoms with Gasteiger partial charge in [-0.15, -0.1) is 5.10 Å². The first-order valence-electron chi connectivity index (χ1n) is 9.24. The summed E-state index contributed by atoms with van der Waals surface area (Å²) in [6.07, 6.45) is 9.62. The molecule has 1 aliphatic rings. The molecule has 0 bridgehead atoms. The Bertz CT molecular complexity index is 1100. The summed E-state index contributed by atoms with van der Waals surface area (Å²) in [4.78, 5) is 13.2. The van der Waals surface area contributed by atoms with Crippen molar-refractivity contribution in [3.63, 3.8) is 0 Å². The van der Waals surface area contributed by atoms with Gasteiger partial charge in [-0.25, -0.2) is 9.50 Å². The lowest BCUT2D eigenvalue weighted by atomic mass is 9.89. The maximum atomic E-state index is 5.60. The number of aromatic nitrogens is 5. The topological polar surface area (TPSA) is 77.2 Å². The molecule has 1 aliphatic carbocycles. The molecule has 0 spiro atoms. The van der Waals surface area contributed by atoms with E-state index in [-0.39, 0.29) is 0 Å². The summed E-state index contributed by atoms with van der Waals surface area (Å²) in [5, 5.41) is 7.99. The van der Waals surface area contributed by atoms with Gasteiger partial charge < -0.3 is 10.1 Å². The van der Waals surface area contributed by atoms with Crippen LogP contribution in [0.25, 0.3) is 27.7 Å². The molecule has 0 atom stereocenters. The lowest BCUT2D eigenvalue weighted by molar-refractivity contribution is 0.00283. The number of benzene rings is 1. The van der Waals surface area contributed by atoms with Crippen molar-refractivity contribution in [2.75, 3.05) is 11.9 Å². The zero-order valence-electron chi connectivity index (χ0n) is 15.0. The van der Waals surface area contributed by atoms with Gasteiger partial charge in [0.15, 0.2) is 0 Å². The van der Waals surface area contributed by atoms with E-state index in [2.05, 4.69) is 37.5 Å². The number of ether oxygens (including phenoxy) is 1. The van der Waals surface area contributed by atoms with Crippen molar-refractivity contribution in [3.05, 3.63) is 49.1 Å². The van der Waals surface area contributed by atoms with E-state index in [1.807, 2.05) is 36.0 Å². The number of fused-ring (bicyclic) bond motifs is 2. The number of hydrogen-bond donors (Lipinski definition) is 1. The molecule has 136 valence electrons. The van der Waals surface area contributed by atoms with Gasteiger partial charge in [0.1, 0.15) is 0 Å². The lowest BCUT2D eigenvalue weighted by Gasteiger charge is -2.35. The zero-order chi connectivity index (χ0) is 18.2. The Morgan fingerprint density at radius 1 is 1.11 bits per heavy atom. The van der Waals surface area contributed by atoms with E-state index < -0.39 is 0 Å². The second-order valence-corrected chi connectivity index (χ2v) is 6.79. The Balaban J connectivity index is 1.40. The van der Waals surface area contributed by atoms with Crippen molar-refractivity contribution in [2.45, 2.75) is 31.9 Å². The van der Waals surface area contributed by atoms with Crippen molar-refractivity contribution < 1.29 is 4.74 Å². The largest absolute Gasteiger partial charge is 0.378 e. The molecular weight excluding hydrogens is 340 g/mol. The maximum absolute atomic E-state index is 5.60. The highest BCUT2D eigenvalue weighted by molar-refractivity contribution is 5.86. The summed E-state index contributed by atoms with van der Waals surface area (Å²) in [5.41, 5.74) is 4.88. The first-order valence-corrected chi connectivity index (χ1v) is 9.24. The van der Waals surface area contributed by atoms with E-state index in [9.17, 15) is 0 Å². The Kier molecular flexibility index (Phi) is 3.94. The van der Waals surface area contributed by atoms with E-state index >= 15 is 0 Å². The zero-order valence-corrected chi connectivity index (χ0v) is 15.0. The van der Waals surface area contributed by atoms with Crippen LogP contribution in [0.2, 0.25) is 0 Å². The SMILES string of the molecule is CCOC1CC(Nc2ncc3c(-c4ccc5nccnc5c4)ccn3n2)C1. The molecule has 0 amide bonds. The molecule has 1 aromatic carbocycles. The van der Waals surface area contributed by atoms with Crippen LogP contribution in [-0.4, -0.2) is 43.3 Å². The van der Waals surface area contributed by atoms with Crippen molar-refractivity contribution in [3.8, 4) is 11.1 Å². The van der Waals surface area contributed by atoms with Crippen LogP contribution in [0.4, 0.5) is 5.95 Å². The second-order valence-electron chi connectivity index (χ2n) is 6.79. The predicted octanol–water partition coefficient (Wildman–Crippen LogP) is 3.32. The van der Waals surface area contributed by atoms with Gasteiger partial charge >= 0.3 is 0 Å². The number of nitrogens with zero attached hydrogens (tertiary/aromatic N) is 5. The van der Waals surface area contributed by atoms with Gasteiger partial charge in [0.05, 0.1) is 28.9 Å². The van der Waals surface area contributed by atoms with E-state index in [0.29, 0.717) is 18.1 Å². The lowest BCUT2D eigenvalue weighted by Crippen LogP contribution is -2.41. The van der Waals surface area contributed by atoms with Crippen molar-refractivity contribution in [1.29, 1.82) is 0 Å².